The van der Waals surface area contributed by atoms with Crippen LogP contribution in [0, 0.1) is 17.2 Å². The quantitative estimate of drug-likeness (QED) is 0.760. The summed E-state index contributed by atoms with van der Waals surface area (Å²) >= 11 is 0. The molecule has 0 spiro atoms. The van der Waals surface area contributed by atoms with E-state index in [4.69, 9.17) is 5.26 Å². The molecule has 0 saturated carbocycles. The molecule has 1 heterocycles. The van der Waals surface area contributed by atoms with Crippen LogP contribution in [0.25, 0.3) is 0 Å². The van der Waals surface area contributed by atoms with E-state index in [-0.39, 0.29) is 11.9 Å². The van der Waals surface area contributed by atoms with Gasteiger partial charge in [0.2, 0.25) is 5.91 Å². The lowest BCUT2D eigenvalue weighted by atomic mass is 10.1. The summed E-state index contributed by atoms with van der Waals surface area (Å²) in [5.74, 6) is 0.654. The van der Waals surface area contributed by atoms with Gasteiger partial charge in [0, 0.05) is 13.1 Å². The molecule has 0 radical (unpaired) electrons. The maximum Gasteiger partial charge on any atom is 0.234 e. The van der Waals surface area contributed by atoms with Crippen LogP contribution >= 0.6 is 0 Å². The predicted octanol–water partition coefficient (Wildman–Crippen LogP) is 1.14. The highest BCUT2D eigenvalue weighted by molar-refractivity contribution is 5.78. The molecule has 1 aliphatic rings. The van der Waals surface area contributed by atoms with Gasteiger partial charge in [0.05, 0.1) is 18.7 Å². The molecule has 1 amide bonds. The number of nitrogens with zero attached hydrogens (tertiary/aromatic N) is 2. The second-order valence-corrected chi connectivity index (χ2v) is 4.79. The van der Waals surface area contributed by atoms with Crippen LogP contribution in [0.15, 0.2) is 0 Å². The van der Waals surface area contributed by atoms with Crippen LogP contribution in [-0.4, -0.2) is 36.5 Å². The van der Waals surface area contributed by atoms with Crippen LogP contribution < -0.4 is 5.32 Å². The molecule has 0 aromatic carbocycles. The van der Waals surface area contributed by atoms with E-state index in [1.54, 1.807) is 0 Å². The van der Waals surface area contributed by atoms with Gasteiger partial charge in [-0.1, -0.05) is 13.8 Å². The number of carbonyl (C=O) groups excluding carboxylic acids is 1. The van der Waals surface area contributed by atoms with Gasteiger partial charge in [-0.3, -0.25) is 9.69 Å². The van der Waals surface area contributed by atoms with Crippen molar-refractivity contribution in [2.24, 2.45) is 5.92 Å². The monoisotopic (exact) mass is 223 g/mol. The van der Waals surface area contributed by atoms with Gasteiger partial charge >= 0.3 is 0 Å². The minimum absolute atomic E-state index is 0.0443. The largest absolute Gasteiger partial charge is 0.355 e. The van der Waals surface area contributed by atoms with E-state index >= 15 is 0 Å². The number of nitrogens with one attached hydrogen (secondary N) is 1. The van der Waals surface area contributed by atoms with Crippen molar-refractivity contribution in [1.29, 1.82) is 5.26 Å². The van der Waals surface area contributed by atoms with E-state index in [0.717, 1.165) is 32.4 Å². The number of amides is 1. The van der Waals surface area contributed by atoms with Gasteiger partial charge in [-0.15, -0.1) is 0 Å². The fourth-order valence-corrected chi connectivity index (χ4v) is 1.90. The molecule has 1 saturated heterocycles. The number of nitriles is 1. The molecule has 4 heteroatoms. The first-order valence-corrected chi connectivity index (χ1v) is 6.04. The van der Waals surface area contributed by atoms with Crippen molar-refractivity contribution >= 4 is 5.91 Å². The van der Waals surface area contributed by atoms with Gasteiger partial charge in [-0.25, -0.2) is 0 Å². The molecule has 0 aliphatic carbocycles. The molecule has 90 valence electrons. The second-order valence-electron chi connectivity index (χ2n) is 4.79. The fraction of sp³-hybridized carbons (Fsp3) is 0.833. The van der Waals surface area contributed by atoms with Gasteiger partial charge in [-0.2, -0.15) is 5.26 Å². The SMILES string of the molecule is CC(C)CCNC(=O)CN1CCCC1C#N. The van der Waals surface area contributed by atoms with Crippen LogP contribution in [0.4, 0.5) is 0 Å². The molecule has 0 aromatic heterocycles. The Hall–Kier alpha value is -1.08. The first-order valence-electron chi connectivity index (χ1n) is 6.04. The summed E-state index contributed by atoms with van der Waals surface area (Å²) in [6.07, 6.45) is 2.93. The Morgan fingerprint density at radius 1 is 1.62 bits per heavy atom. The van der Waals surface area contributed by atoms with Crippen molar-refractivity contribution in [2.45, 2.75) is 39.2 Å². The third kappa shape index (κ3) is 4.19. The van der Waals surface area contributed by atoms with E-state index in [1.807, 2.05) is 4.90 Å². The molecular weight excluding hydrogens is 202 g/mol. The molecular formula is C12H21N3O. The Morgan fingerprint density at radius 2 is 2.38 bits per heavy atom. The van der Waals surface area contributed by atoms with E-state index < -0.39 is 0 Å². The van der Waals surface area contributed by atoms with E-state index in [2.05, 4.69) is 25.2 Å². The maximum atomic E-state index is 11.6. The minimum Gasteiger partial charge on any atom is -0.355 e. The second kappa shape index (κ2) is 6.49. The summed E-state index contributed by atoms with van der Waals surface area (Å²) in [5.41, 5.74) is 0. The van der Waals surface area contributed by atoms with Crippen LogP contribution in [0.1, 0.15) is 33.1 Å². The first-order chi connectivity index (χ1) is 7.63. The highest BCUT2D eigenvalue weighted by Crippen LogP contribution is 2.15. The summed E-state index contributed by atoms with van der Waals surface area (Å²) < 4.78 is 0. The average Bonchev–Trinajstić information content (AvgIpc) is 2.64. The van der Waals surface area contributed by atoms with Crippen molar-refractivity contribution in [1.82, 2.24) is 10.2 Å². The van der Waals surface area contributed by atoms with Crippen molar-refractivity contribution in [3.8, 4) is 6.07 Å². The van der Waals surface area contributed by atoms with Gasteiger partial charge in [0.25, 0.3) is 0 Å². The van der Waals surface area contributed by atoms with Gasteiger partial charge in [0.1, 0.15) is 0 Å². The topological polar surface area (TPSA) is 56.1 Å². The lowest BCUT2D eigenvalue weighted by molar-refractivity contribution is -0.122. The van der Waals surface area contributed by atoms with Crippen molar-refractivity contribution in [3.63, 3.8) is 0 Å². The Kier molecular flexibility index (Phi) is 5.27. The highest BCUT2D eigenvalue weighted by Gasteiger charge is 2.25. The minimum atomic E-state index is -0.0594. The lowest BCUT2D eigenvalue weighted by Gasteiger charge is -2.18. The zero-order valence-corrected chi connectivity index (χ0v) is 10.2. The lowest BCUT2D eigenvalue weighted by Crippen LogP contribution is -2.39. The molecule has 0 aromatic rings. The Labute approximate surface area is 97.6 Å². The standard InChI is InChI=1S/C12H21N3O/c1-10(2)5-6-14-12(16)9-15-7-3-4-11(15)8-13/h10-11H,3-7,9H2,1-2H3,(H,14,16). The van der Waals surface area contributed by atoms with Crippen molar-refractivity contribution < 1.29 is 4.79 Å². The number of likely N-dealkylation sites (tertiary alicyclic amines) is 1. The smallest absolute Gasteiger partial charge is 0.234 e. The summed E-state index contributed by atoms with van der Waals surface area (Å²) in [5, 5.41) is 11.8. The molecule has 4 nitrogen and oxygen atoms in total. The van der Waals surface area contributed by atoms with Gasteiger partial charge in [-0.05, 0) is 25.2 Å². The predicted molar refractivity (Wildman–Crippen MR) is 62.7 cm³/mol. The van der Waals surface area contributed by atoms with Gasteiger partial charge in [0.15, 0.2) is 0 Å². The molecule has 1 aliphatic heterocycles. The van der Waals surface area contributed by atoms with Crippen molar-refractivity contribution in [3.05, 3.63) is 0 Å². The molecule has 1 N–H and O–H groups in total. The summed E-state index contributed by atoms with van der Waals surface area (Å²) in [7, 11) is 0. The third-order valence-electron chi connectivity index (χ3n) is 2.90. The summed E-state index contributed by atoms with van der Waals surface area (Å²) in [6.45, 7) is 6.25. The molecule has 1 unspecified atom stereocenters. The number of carbonyl (C=O) groups is 1. The zero-order chi connectivity index (χ0) is 12.0. The van der Waals surface area contributed by atoms with Gasteiger partial charge < -0.3 is 5.32 Å². The van der Waals surface area contributed by atoms with E-state index in [0.29, 0.717) is 12.5 Å². The van der Waals surface area contributed by atoms with Crippen LogP contribution in [0.3, 0.4) is 0 Å². The zero-order valence-electron chi connectivity index (χ0n) is 10.2. The molecule has 0 bridgehead atoms. The van der Waals surface area contributed by atoms with Crippen LogP contribution in [0.2, 0.25) is 0 Å². The highest BCUT2D eigenvalue weighted by atomic mass is 16.2. The maximum absolute atomic E-state index is 11.6. The van der Waals surface area contributed by atoms with Crippen molar-refractivity contribution in [2.75, 3.05) is 19.6 Å². The number of rotatable bonds is 5. The molecule has 1 fully saturated rings. The summed E-state index contributed by atoms with van der Waals surface area (Å²) in [4.78, 5) is 13.5. The third-order valence-corrected chi connectivity index (χ3v) is 2.90. The fourth-order valence-electron chi connectivity index (χ4n) is 1.90. The summed E-state index contributed by atoms with van der Waals surface area (Å²) in [6, 6.07) is 2.18. The Balaban J connectivity index is 2.21. The first kappa shape index (κ1) is 13.0. The van der Waals surface area contributed by atoms with Crippen LogP contribution in [-0.2, 0) is 4.79 Å². The molecule has 1 atom stereocenters. The number of hydrogen-bond donors (Lipinski definition) is 1. The Morgan fingerprint density at radius 3 is 3.00 bits per heavy atom. The van der Waals surface area contributed by atoms with E-state index in [1.165, 1.54) is 0 Å². The Bertz CT molecular complexity index is 270. The molecule has 1 rings (SSSR count). The van der Waals surface area contributed by atoms with E-state index in [9.17, 15) is 4.79 Å². The number of hydrogen-bond acceptors (Lipinski definition) is 3. The average molecular weight is 223 g/mol. The molecule has 16 heavy (non-hydrogen) atoms. The van der Waals surface area contributed by atoms with Crippen LogP contribution in [0.5, 0.6) is 0 Å². The normalized spacial score (nSPS) is 21.0.